The van der Waals surface area contributed by atoms with Crippen LogP contribution in [0.2, 0.25) is 0 Å². The summed E-state index contributed by atoms with van der Waals surface area (Å²) < 4.78 is 7.44. The topological polar surface area (TPSA) is 69.0 Å². The van der Waals surface area contributed by atoms with Crippen molar-refractivity contribution in [2.45, 2.75) is 32.0 Å². The summed E-state index contributed by atoms with van der Waals surface area (Å²) in [7, 11) is 1.64. The van der Waals surface area contributed by atoms with Crippen LogP contribution in [0.15, 0.2) is 53.7 Å². The van der Waals surface area contributed by atoms with Crippen molar-refractivity contribution in [3.8, 4) is 17.1 Å². The third-order valence-electron chi connectivity index (χ3n) is 4.39. The van der Waals surface area contributed by atoms with E-state index in [-0.39, 0.29) is 11.7 Å². The van der Waals surface area contributed by atoms with Crippen LogP contribution >= 0.6 is 11.8 Å². The molecule has 0 fully saturated rings. The van der Waals surface area contributed by atoms with Crippen LogP contribution in [-0.2, 0) is 17.8 Å². The summed E-state index contributed by atoms with van der Waals surface area (Å²) in [4.78, 5) is 12.4. The molecule has 1 N–H and O–H groups in total. The van der Waals surface area contributed by atoms with Gasteiger partial charge in [0.15, 0.2) is 11.0 Å². The average Bonchev–Trinajstić information content (AvgIpc) is 3.15. The molecule has 1 heterocycles. The van der Waals surface area contributed by atoms with Gasteiger partial charge >= 0.3 is 0 Å². The number of ether oxygens (including phenoxy) is 1. The number of hydrogen-bond acceptors (Lipinski definition) is 5. The van der Waals surface area contributed by atoms with Gasteiger partial charge in [-0.1, -0.05) is 49.0 Å². The Morgan fingerprint density at radius 3 is 2.61 bits per heavy atom. The maximum Gasteiger partial charge on any atom is 0.234 e. The molecule has 0 saturated carbocycles. The first-order chi connectivity index (χ1) is 13.7. The van der Waals surface area contributed by atoms with E-state index in [1.165, 1.54) is 11.8 Å². The van der Waals surface area contributed by atoms with Crippen molar-refractivity contribution < 1.29 is 9.53 Å². The van der Waals surface area contributed by atoms with Gasteiger partial charge < -0.3 is 14.6 Å². The van der Waals surface area contributed by atoms with Crippen LogP contribution in [0.25, 0.3) is 11.4 Å². The second kappa shape index (κ2) is 9.41. The SMILES string of the molecule is CCc1ccccc1NC(=O)CSc1nnc(-c2ccccc2OC)n1CC. The monoisotopic (exact) mass is 396 g/mol. The third kappa shape index (κ3) is 4.36. The minimum absolute atomic E-state index is 0.0598. The van der Waals surface area contributed by atoms with E-state index < -0.39 is 0 Å². The predicted octanol–water partition coefficient (Wildman–Crippen LogP) is 4.27. The maximum absolute atomic E-state index is 12.4. The smallest absolute Gasteiger partial charge is 0.234 e. The summed E-state index contributed by atoms with van der Waals surface area (Å²) >= 11 is 1.38. The van der Waals surface area contributed by atoms with Gasteiger partial charge in [-0.3, -0.25) is 4.79 Å². The van der Waals surface area contributed by atoms with Crippen molar-refractivity contribution in [2.75, 3.05) is 18.2 Å². The minimum atomic E-state index is -0.0598. The van der Waals surface area contributed by atoms with E-state index >= 15 is 0 Å². The quantitative estimate of drug-likeness (QED) is 0.576. The number of aromatic nitrogens is 3. The van der Waals surface area contributed by atoms with Gasteiger partial charge in [0.25, 0.3) is 0 Å². The number of amides is 1. The predicted molar refractivity (Wildman–Crippen MR) is 113 cm³/mol. The van der Waals surface area contributed by atoms with Crippen molar-refractivity contribution in [1.82, 2.24) is 14.8 Å². The Kier molecular flexibility index (Phi) is 6.71. The lowest BCUT2D eigenvalue weighted by Gasteiger charge is -2.11. The first-order valence-electron chi connectivity index (χ1n) is 9.25. The number of carbonyl (C=O) groups is 1. The number of rotatable bonds is 8. The summed E-state index contributed by atoms with van der Waals surface area (Å²) in [5.74, 6) is 1.69. The van der Waals surface area contributed by atoms with Gasteiger partial charge in [-0.15, -0.1) is 10.2 Å². The second-order valence-electron chi connectivity index (χ2n) is 6.10. The minimum Gasteiger partial charge on any atom is -0.496 e. The van der Waals surface area contributed by atoms with Crippen molar-refractivity contribution in [3.05, 3.63) is 54.1 Å². The highest BCUT2D eigenvalue weighted by atomic mass is 32.2. The first kappa shape index (κ1) is 19.9. The normalized spacial score (nSPS) is 10.7. The Bertz CT molecular complexity index is 955. The Hall–Kier alpha value is -2.80. The molecule has 0 aliphatic heterocycles. The van der Waals surface area contributed by atoms with Crippen LogP contribution in [0.1, 0.15) is 19.4 Å². The van der Waals surface area contributed by atoms with Crippen molar-refractivity contribution in [1.29, 1.82) is 0 Å². The van der Waals surface area contributed by atoms with Crippen molar-refractivity contribution in [2.24, 2.45) is 0 Å². The zero-order chi connectivity index (χ0) is 19.9. The maximum atomic E-state index is 12.4. The van der Waals surface area contributed by atoms with Crippen molar-refractivity contribution >= 4 is 23.4 Å². The van der Waals surface area contributed by atoms with E-state index in [9.17, 15) is 4.79 Å². The lowest BCUT2D eigenvalue weighted by atomic mass is 10.1. The number of nitrogens with one attached hydrogen (secondary N) is 1. The van der Waals surface area contributed by atoms with Crippen molar-refractivity contribution in [3.63, 3.8) is 0 Å². The number of anilines is 1. The molecule has 0 bridgehead atoms. The fourth-order valence-electron chi connectivity index (χ4n) is 2.98. The van der Waals surface area contributed by atoms with Crippen LogP contribution in [0, 0.1) is 0 Å². The molecule has 3 rings (SSSR count). The second-order valence-corrected chi connectivity index (χ2v) is 7.04. The summed E-state index contributed by atoms with van der Waals surface area (Å²) in [6.07, 6.45) is 0.871. The average molecular weight is 397 g/mol. The highest BCUT2D eigenvalue weighted by Crippen LogP contribution is 2.30. The van der Waals surface area contributed by atoms with Crippen LogP contribution in [0.3, 0.4) is 0 Å². The Balaban J connectivity index is 1.73. The molecule has 2 aromatic carbocycles. The molecule has 3 aromatic rings. The molecule has 0 spiro atoms. The van der Waals surface area contributed by atoms with Gasteiger partial charge in [0.1, 0.15) is 5.75 Å². The number of aryl methyl sites for hydroxylation is 1. The summed E-state index contributed by atoms with van der Waals surface area (Å²) in [6.45, 7) is 4.80. The summed E-state index contributed by atoms with van der Waals surface area (Å²) in [5.41, 5.74) is 2.87. The molecule has 0 aliphatic carbocycles. The zero-order valence-electron chi connectivity index (χ0n) is 16.3. The van der Waals surface area contributed by atoms with Gasteiger partial charge in [0, 0.05) is 12.2 Å². The number of methoxy groups -OCH3 is 1. The molecule has 1 aromatic heterocycles. The van der Waals surface area contributed by atoms with Crippen LogP contribution < -0.4 is 10.1 Å². The number of nitrogens with zero attached hydrogens (tertiary/aromatic N) is 3. The molecule has 0 radical (unpaired) electrons. The molecule has 6 nitrogen and oxygen atoms in total. The molecule has 0 saturated heterocycles. The van der Waals surface area contributed by atoms with E-state index in [2.05, 4.69) is 22.4 Å². The molecular weight excluding hydrogens is 372 g/mol. The number of benzene rings is 2. The zero-order valence-corrected chi connectivity index (χ0v) is 17.1. The fraction of sp³-hybridized carbons (Fsp3) is 0.286. The van der Waals surface area contributed by atoms with Gasteiger partial charge in [0.05, 0.1) is 18.4 Å². The molecular formula is C21H24N4O2S. The molecule has 0 atom stereocenters. The Morgan fingerprint density at radius 2 is 1.86 bits per heavy atom. The highest BCUT2D eigenvalue weighted by Gasteiger charge is 2.17. The fourth-order valence-corrected chi connectivity index (χ4v) is 3.78. The molecule has 0 unspecified atom stereocenters. The molecule has 1 amide bonds. The lowest BCUT2D eigenvalue weighted by Crippen LogP contribution is -2.15. The van der Waals surface area contributed by atoms with E-state index in [0.717, 1.165) is 34.8 Å². The van der Waals surface area contributed by atoms with Gasteiger partial charge in [-0.05, 0) is 37.1 Å². The Labute approximate surface area is 169 Å². The van der Waals surface area contributed by atoms with Gasteiger partial charge in [0.2, 0.25) is 5.91 Å². The molecule has 0 aliphatic rings. The third-order valence-corrected chi connectivity index (χ3v) is 5.35. The Morgan fingerprint density at radius 1 is 1.11 bits per heavy atom. The number of carbonyl (C=O) groups excluding carboxylic acids is 1. The van der Waals surface area contributed by atoms with E-state index in [1.54, 1.807) is 7.11 Å². The largest absolute Gasteiger partial charge is 0.496 e. The first-order valence-corrected chi connectivity index (χ1v) is 10.2. The van der Waals surface area contributed by atoms with Crippen LogP contribution in [0.5, 0.6) is 5.75 Å². The van der Waals surface area contributed by atoms with E-state index in [4.69, 9.17) is 4.74 Å². The molecule has 28 heavy (non-hydrogen) atoms. The summed E-state index contributed by atoms with van der Waals surface area (Å²) in [5, 5.41) is 12.3. The van der Waals surface area contributed by atoms with Gasteiger partial charge in [-0.25, -0.2) is 0 Å². The standard InChI is InChI=1S/C21H24N4O2S/c1-4-15-10-6-8-12-17(15)22-19(26)14-28-21-24-23-20(25(21)5-2)16-11-7-9-13-18(16)27-3/h6-13H,4-5,14H2,1-3H3,(H,22,26). The van der Waals surface area contributed by atoms with E-state index in [0.29, 0.717) is 11.7 Å². The summed E-state index contributed by atoms with van der Waals surface area (Å²) in [6, 6.07) is 15.6. The number of hydrogen-bond donors (Lipinski definition) is 1. The van der Waals surface area contributed by atoms with Gasteiger partial charge in [-0.2, -0.15) is 0 Å². The van der Waals surface area contributed by atoms with E-state index in [1.807, 2.05) is 60.0 Å². The lowest BCUT2D eigenvalue weighted by molar-refractivity contribution is -0.113. The number of thioether (sulfide) groups is 1. The number of para-hydroxylation sites is 2. The highest BCUT2D eigenvalue weighted by molar-refractivity contribution is 7.99. The molecule has 7 heteroatoms. The van der Waals surface area contributed by atoms with Crippen LogP contribution in [-0.4, -0.2) is 33.5 Å². The van der Waals surface area contributed by atoms with Crippen LogP contribution in [0.4, 0.5) is 5.69 Å². The molecule has 146 valence electrons.